The monoisotopic (exact) mass is 241 g/mol. The van der Waals surface area contributed by atoms with Gasteiger partial charge >= 0.3 is 0 Å². The normalized spacial score (nSPS) is 21.8. The largest absolute Gasteiger partial charge is 0.345 e. The molecule has 4 heteroatoms. The number of amides is 1. The molecule has 100 valence electrons. The lowest BCUT2D eigenvalue weighted by atomic mass is 9.93. The molecular weight excluding hydrogens is 214 g/mol. The van der Waals surface area contributed by atoms with Gasteiger partial charge in [-0.15, -0.1) is 0 Å². The summed E-state index contributed by atoms with van der Waals surface area (Å²) in [5, 5.41) is 0. The SMILES string of the molecule is CN1CCC(CC(=O)N(C)CC(C)(C)CN)C1. The van der Waals surface area contributed by atoms with Crippen molar-refractivity contribution in [3.05, 3.63) is 0 Å². The first-order chi connectivity index (χ1) is 7.84. The van der Waals surface area contributed by atoms with Crippen LogP contribution in [-0.4, -0.2) is 56.0 Å². The molecule has 0 saturated carbocycles. The molecule has 4 nitrogen and oxygen atoms in total. The van der Waals surface area contributed by atoms with E-state index in [-0.39, 0.29) is 11.3 Å². The van der Waals surface area contributed by atoms with E-state index >= 15 is 0 Å². The molecule has 2 N–H and O–H groups in total. The summed E-state index contributed by atoms with van der Waals surface area (Å²) < 4.78 is 0. The van der Waals surface area contributed by atoms with Crippen LogP contribution in [0.2, 0.25) is 0 Å². The van der Waals surface area contributed by atoms with Gasteiger partial charge in [0, 0.05) is 26.6 Å². The second-order valence-electron chi connectivity index (χ2n) is 6.24. The molecule has 0 aromatic carbocycles. The highest BCUT2D eigenvalue weighted by atomic mass is 16.2. The highest BCUT2D eigenvalue weighted by Gasteiger charge is 2.26. The summed E-state index contributed by atoms with van der Waals surface area (Å²) in [4.78, 5) is 16.2. The molecule has 0 aromatic heterocycles. The van der Waals surface area contributed by atoms with Gasteiger partial charge in [0.2, 0.25) is 5.91 Å². The summed E-state index contributed by atoms with van der Waals surface area (Å²) in [5.41, 5.74) is 5.70. The van der Waals surface area contributed by atoms with Crippen LogP contribution in [0.5, 0.6) is 0 Å². The molecule has 1 heterocycles. The van der Waals surface area contributed by atoms with Gasteiger partial charge in [0.05, 0.1) is 0 Å². The van der Waals surface area contributed by atoms with Gasteiger partial charge in [0.1, 0.15) is 0 Å². The predicted octanol–water partition coefficient (Wildman–Crippen LogP) is 0.772. The van der Waals surface area contributed by atoms with Crippen molar-refractivity contribution in [3.8, 4) is 0 Å². The summed E-state index contributed by atoms with van der Waals surface area (Å²) in [6.45, 7) is 7.72. The molecule has 1 amide bonds. The van der Waals surface area contributed by atoms with Crippen molar-refractivity contribution in [1.82, 2.24) is 9.80 Å². The molecule has 1 rings (SSSR count). The van der Waals surface area contributed by atoms with Crippen LogP contribution >= 0.6 is 0 Å². The van der Waals surface area contributed by atoms with Crippen LogP contribution in [0.4, 0.5) is 0 Å². The first-order valence-corrected chi connectivity index (χ1v) is 6.46. The zero-order valence-corrected chi connectivity index (χ0v) is 11.7. The molecule has 1 unspecified atom stereocenters. The van der Waals surface area contributed by atoms with Crippen molar-refractivity contribution in [2.75, 3.05) is 40.3 Å². The molecule has 0 radical (unpaired) electrons. The molecule has 1 aliphatic rings. The topological polar surface area (TPSA) is 49.6 Å². The van der Waals surface area contributed by atoms with E-state index in [1.165, 1.54) is 0 Å². The summed E-state index contributed by atoms with van der Waals surface area (Å²) in [5.74, 6) is 0.794. The Labute approximate surface area is 105 Å². The van der Waals surface area contributed by atoms with Gasteiger partial charge in [0.15, 0.2) is 0 Å². The van der Waals surface area contributed by atoms with Crippen LogP contribution in [0.25, 0.3) is 0 Å². The van der Waals surface area contributed by atoms with Gasteiger partial charge in [-0.2, -0.15) is 0 Å². The van der Waals surface area contributed by atoms with Gasteiger partial charge in [-0.1, -0.05) is 13.8 Å². The Balaban J connectivity index is 2.37. The van der Waals surface area contributed by atoms with E-state index in [2.05, 4.69) is 25.8 Å². The first kappa shape index (κ1) is 14.5. The van der Waals surface area contributed by atoms with E-state index < -0.39 is 0 Å². The lowest BCUT2D eigenvalue weighted by molar-refractivity contribution is -0.132. The standard InChI is InChI=1S/C13H27N3O/c1-13(2,9-14)10-16(4)12(17)7-11-5-6-15(3)8-11/h11H,5-10,14H2,1-4H3. The van der Waals surface area contributed by atoms with Crippen molar-refractivity contribution in [2.45, 2.75) is 26.7 Å². The summed E-state index contributed by atoms with van der Waals surface area (Å²) in [6, 6.07) is 0. The number of hydrogen-bond donors (Lipinski definition) is 1. The van der Waals surface area contributed by atoms with Crippen molar-refractivity contribution in [3.63, 3.8) is 0 Å². The Kier molecular flexibility index (Phi) is 4.95. The third kappa shape index (κ3) is 4.64. The van der Waals surface area contributed by atoms with Crippen molar-refractivity contribution in [1.29, 1.82) is 0 Å². The molecule has 1 fully saturated rings. The van der Waals surface area contributed by atoms with E-state index in [0.717, 1.165) is 26.1 Å². The molecule has 0 aromatic rings. The van der Waals surface area contributed by atoms with Gasteiger partial charge in [-0.05, 0) is 37.9 Å². The average Bonchev–Trinajstić information content (AvgIpc) is 2.63. The highest BCUT2D eigenvalue weighted by Crippen LogP contribution is 2.20. The van der Waals surface area contributed by atoms with Crippen LogP contribution in [0, 0.1) is 11.3 Å². The Hall–Kier alpha value is -0.610. The lowest BCUT2D eigenvalue weighted by Crippen LogP contribution is -2.40. The van der Waals surface area contributed by atoms with Crippen LogP contribution in [-0.2, 0) is 4.79 Å². The number of nitrogens with zero attached hydrogens (tertiary/aromatic N) is 2. The summed E-state index contributed by atoms with van der Waals surface area (Å²) in [6.07, 6.45) is 1.83. The Morgan fingerprint density at radius 2 is 2.18 bits per heavy atom. The second-order valence-corrected chi connectivity index (χ2v) is 6.24. The van der Waals surface area contributed by atoms with Gasteiger partial charge in [0.25, 0.3) is 0 Å². The number of rotatable bonds is 5. The van der Waals surface area contributed by atoms with E-state index in [1.54, 1.807) is 0 Å². The van der Waals surface area contributed by atoms with Crippen LogP contribution in [0.15, 0.2) is 0 Å². The van der Waals surface area contributed by atoms with E-state index in [4.69, 9.17) is 5.73 Å². The van der Waals surface area contributed by atoms with Crippen LogP contribution in [0.3, 0.4) is 0 Å². The van der Waals surface area contributed by atoms with E-state index in [1.807, 2.05) is 11.9 Å². The summed E-state index contributed by atoms with van der Waals surface area (Å²) in [7, 11) is 4.00. The van der Waals surface area contributed by atoms with Gasteiger partial charge in [-0.25, -0.2) is 0 Å². The smallest absolute Gasteiger partial charge is 0.222 e. The maximum absolute atomic E-state index is 12.1. The molecule has 0 spiro atoms. The average molecular weight is 241 g/mol. The molecular formula is C13H27N3O. The number of likely N-dealkylation sites (tertiary alicyclic amines) is 1. The van der Waals surface area contributed by atoms with Gasteiger partial charge < -0.3 is 15.5 Å². The summed E-state index contributed by atoms with van der Waals surface area (Å²) >= 11 is 0. The van der Waals surface area contributed by atoms with Crippen LogP contribution < -0.4 is 5.73 Å². The fourth-order valence-corrected chi connectivity index (χ4v) is 2.39. The number of hydrogen-bond acceptors (Lipinski definition) is 3. The van der Waals surface area contributed by atoms with Crippen molar-refractivity contribution < 1.29 is 4.79 Å². The molecule has 17 heavy (non-hydrogen) atoms. The number of nitrogens with two attached hydrogens (primary N) is 1. The lowest BCUT2D eigenvalue weighted by Gasteiger charge is -2.29. The highest BCUT2D eigenvalue weighted by molar-refractivity contribution is 5.76. The Morgan fingerprint density at radius 3 is 2.65 bits per heavy atom. The molecule has 1 atom stereocenters. The van der Waals surface area contributed by atoms with E-state index in [0.29, 0.717) is 18.9 Å². The molecule has 1 saturated heterocycles. The van der Waals surface area contributed by atoms with E-state index in [9.17, 15) is 4.79 Å². The zero-order chi connectivity index (χ0) is 13.1. The maximum atomic E-state index is 12.1. The first-order valence-electron chi connectivity index (χ1n) is 6.46. The van der Waals surface area contributed by atoms with Crippen LogP contribution in [0.1, 0.15) is 26.7 Å². The number of carbonyl (C=O) groups is 1. The molecule has 1 aliphatic heterocycles. The fraction of sp³-hybridized carbons (Fsp3) is 0.923. The minimum atomic E-state index is 0.0108. The van der Waals surface area contributed by atoms with Crippen molar-refractivity contribution in [2.24, 2.45) is 17.1 Å². The zero-order valence-electron chi connectivity index (χ0n) is 11.7. The minimum absolute atomic E-state index is 0.0108. The quantitative estimate of drug-likeness (QED) is 0.773. The fourth-order valence-electron chi connectivity index (χ4n) is 2.39. The van der Waals surface area contributed by atoms with Gasteiger partial charge in [-0.3, -0.25) is 4.79 Å². The number of carbonyl (C=O) groups excluding carboxylic acids is 1. The maximum Gasteiger partial charge on any atom is 0.222 e. The van der Waals surface area contributed by atoms with Crippen molar-refractivity contribution >= 4 is 5.91 Å². The Morgan fingerprint density at radius 1 is 1.53 bits per heavy atom. The third-order valence-corrected chi connectivity index (χ3v) is 3.60. The molecule has 0 bridgehead atoms. The second kappa shape index (κ2) is 5.83. The molecule has 0 aliphatic carbocycles. The Bertz CT molecular complexity index is 265. The third-order valence-electron chi connectivity index (χ3n) is 3.60. The predicted molar refractivity (Wildman–Crippen MR) is 70.7 cm³/mol. The minimum Gasteiger partial charge on any atom is -0.345 e.